The zero-order chi connectivity index (χ0) is 15.1. The summed E-state index contributed by atoms with van der Waals surface area (Å²) in [5.74, 6) is 2.52. The second-order valence-electron chi connectivity index (χ2n) is 7.01. The molecule has 1 fully saturated rings. The Labute approximate surface area is 129 Å². The summed E-state index contributed by atoms with van der Waals surface area (Å²) in [7, 11) is 2.19. The van der Waals surface area contributed by atoms with Crippen molar-refractivity contribution in [2.24, 2.45) is 11.8 Å². The van der Waals surface area contributed by atoms with Crippen LogP contribution in [0.1, 0.15) is 57.4 Å². The zero-order valence-electron chi connectivity index (χ0n) is 13.9. The first-order valence-corrected chi connectivity index (χ1v) is 8.47. The minimum Gasteiger partial charge on any atom is -0.360 e. The Kier molecular flexibility index (Phi) is 6.71. The lowest BCUT2D eigenvalue weighted by atomic mass is 9.89. The number of hydrogen-bond donors (Lipinski definition) is 1. The van der Waals surface area contributed by atoms with Crippen LogP contribution in [0.3, 0.4) is 0 Å². The summed E-state index contributed by atoms with van der Waals surface area (Å²) in [5, 5.41) is 7.55. The van der Waals surface area contributed by atoms with Crippen molar-refractivity contribution in [1.82, 2.24) is 15.4 Å². The number of nitrogens with zero attached hydrogens (tertiary/aromatic N) is 2. The van der Waals surface area contributed by atoms with Gasteiger partial charge in [0.15, 0.2) is 5.76 Å². The van der Waals surface area contributed by atoms with E-state index in [0.717, 1.165) is 37.0 Å². The van der Waals surface area contributed by atoms with Gasteiger partial charge in [-0.15, -0.1) is 0 Å². The lowest BCUT2D eigenvalue weighted by Gasteiger charge is -2.26. The number of hydrogen-bond acceptors (Lipinski definition) is 4. The van der Waals surface area contributed by atoms with E-state index in [9.17, 15) is 0 Å². The normalized spacial score (nSPS) is 17.0. The molecule has 1 aliphatic carbocycles. The lowest BCUT2D eigenvalue weighted by molar-refractivity contribution is 0.208. The average molecular weight is 293 g/mol. The molecular formula is C17H31N3O. The van der Waals surface area contributed by atoms with Crippen LogP contribution < -0.4 is 5.32 Å². The molecule has 1 aromatic heterocycles. The van der Waals surface area contributed by atoms with Gasteiger partial charge in [-0.05, 0) is 38.3 Å². The van der Waals surface area contributed by atoms with Gasteiger partial charge in [-0.1, -0.05) is 38.3 Å². The molecule has 1 heterocycles. The van der Waals surface area contributed by atoms with Gasteiger partial charge in [-0.3, -0.25) is 4.90 Å². The maximum absolute atomic E-state index is 5.45. The van der Waals surface area contributed by atoms with Crippen LogP contribution in [0, 0.1) is 11.8 Å². The van der Waals surface area contributed by atoms with Gasteiger partial charge in [0.1, 0.15) is 0 Å². The molecule has 0 bridgehead atoms. The Balaban J connectivity index is 1.70. The first-order chi connectivity index (χ1) is 10.1. The van der Waals surface area contributed by atoms with Gasteiger partial charge in [0.2, 0.25) is 0 Å². The smallest absolute Gasteiger partial charge is 0.151 e. The molecule has 0 aromatic carbocycles. The SMILES string of the molecule is CC(C)CNCc1cc(CN(C)CC2CCCCC2)on1. The van der Waals surface area contributed by atoms with Crippen molar-refractivity contribution < 1.29 is 4.52 Å². The second kappa shape index (κ2) is 8.54. The fourth-order valence-electron chi connectivity index (χ4n) is 3.14. The summed E-state index contributed by atoms with van der Waals surface area (Å²) < 4.78 is 5.45. The summed E-state index contributed by atoms with van der Waals surface area (Å²) in [6.45, 7) is 8.29. The Morgan fingerprint density at radius 1 is 1.33 bits per heavy atom. The highest BCUT2D eigenvalue weighted by molar-refractivity contribution is 5.05. The van der Waals surface area contributed by atoms with Crippen molar-refractivity contribution in [2.45, 2.75) is 59.0 Å². The van der Waals surface area contributed by atoms with Crippen molar-refractivity contribution in [3.05, 3.63) is 17.5 Å². The quantitative estimate of drug-likeness (QED) is 0.797. The van der Waals surface area contributed by atoms with Crippen molar-refractivity contribution in [1.29, 1.82) is 0 Å². The molecule has 1 N–H and O–H groups in total. The van der Waals surface area contributed by atoms with E-state index >= 15 is 0 Å². The highest BCUT2D eigenvalue weighted by atomic mass is 16.5. The van der Waals surface area contributed by atoms with Crippen LogP contribution in [-0.2, 0) is 13.1 Å². The lowest BCUT2D eigenvalue weighted by Crippen LogP contribution is -2.26. The third kappa shape index (κ3) is 6.18. The molecule has 4 heteroatoms. The summed E-state index contributed by atoms with van der Waals surface area (Å²) in [6.07, 6.45) is 7.03. The predicted molar refractivity (Wildman–Crippen MR) is 86.0 cm³/mol. The predicted octanol–water partition coefficient (Wildman–Crippen LogP) is 3.43. The van der Waals surface area contributed by atoms with E-state index in [1.54, 1.807) is 0 Å². The van der Waals surface area contributed by atoms with Crippen molar-refractivity contribution in [2.75, 3.05) is 20.1 Å². The molecule has 1 aromatic rings. The molecule has 0 amide bonds. The first-order valence-electron chi connectivity index (χ1n) is 8.47. The van der Waals surface area contributed by atoms with Crippen LogP contribution in [0.2, 0.25) is 0 Å². The molecule has 0 unspecified atom stereocenters. The minimum atomic E-state index is 0.665. The van der Waals surface area contributed by atoms with Gasteiger partial charge in [0, 0.05) is 19.2 Å². The van der Waals surface area contributed by atoms with Crippen LogP contribution in [-0.4, -0.2) is 30.2 Å². The van der Waals surface area contributed by atoms with Gasteiger partial charge >= 0.3 is 0 Å². The van der Waals surface area contributed by atoms with Crippen LogP contribution in [0.5, 0.6) is 0 Å². The number of nitrogens with one attached hydrogen (secondary N) is 1. The molecule has 1 aliphatic rings. The maximum atomic E-state index is 5.45. The van der Waals surface area contributed by atoms with E-state index in [-0.39, 0.29) is 0 Å². The highest BCUT2D eigenvalue weighted by Gasteiger charge is 2.16. The number of aromatic nitrogens is 1. The molecular weight excluding hydrogens is 262 g/mol. The molecule has 2 rings (SSSR count). The van der Waals surface area contributed by atoms with E-state index in [1.165, 1.54) is 38.6 Å². The first kappa shape index (κ1) is 16.5. The monoisotopic (exact) mass is 293 g/mol. The Bertz CT molecular complexity index is 396. The largest absolute Gasteiger partial charge is 0.360 e. The van der Waals surface area contributed by atoms with Crippen molar-refractivity contribution in [3.63, 3.8) is 0 Å². The van der Waals surface area contributed by atoms with Gasteiger partial charge in [-0.2, -0.15) is 0 Å². The van der Waals surface area contributed by atoms with Crippen LogP contribution in [0.25, 0.3) is 0 Å². The standard InChI is InChI=1S/C17H31N3O/c1-14(2)10-18-11-16-9-17(21-19-16)13-20(3)12-15-7-5-4-6-8-15/h9,14-15,18H,4-8,10-13H2,1-3H3. The van der Waals surface area contributed by atoms with Gasteiger partial charge in [0.25, 0.3) is 0 Å². The van der Waals surface area contributed by atoms with Gasteiger partial charge < -0.3 is 9.84 Å². The third-order valence-electron chi connectivity index (χ3n) is 4.19. The minimum absolute atomic E-state index is 0.665. The molecule has 21 heavy (non-hydrogen) atoms. The molecule has 1 saturated carbocycles. The van der Waals surface area contributed by atoms with E-state index in [0.29, 0.717) is 5.92 Å². The number of rotatable bonds is 8. The van der Waals surface area contributed by atoms with E-state index in [1.807, 2.05) is 0 Å². The molecule has 0 aliphatic heterocycles. The van der Waals surface area contributed by atoms with E-state index in [2.05, 4.69) is 42.3 Å². The molecule has 120 valence electrons. The second-order valence-corrected chi connectivity index (χ2v) is 7.01. The van der Waals surface area contributed by atoms with Crippen LogP contribution in [0.4, 0.5) is 0 Å². The summed E-state index contributed by atoms with van der Waals surface area (Å²) >= 11 is 0. The molecule has 0 saturated heterocycles. The molecule has 0 atom stereocenters. The topological polar surface area (TPSA) is 41.3 Å². The zero-order valence-corrected chi connectivity index (χ0v) is 13.9. The summed E-state index contributed by atoms with van der Waals surface area (Å²) in [5.41, 5.74) is 1.01. The van der Waals surface area contributed by atoms with Crippen molar-refractivity contribution >= 4 is 0 Å². The fraction of sp³-hybridized carbons (Fsp3) is 0.824. The van der Waals surface area contributed by atoms with Gasteiger partial charge in [0.05, 0.1) is 12.2 Å². The highest BCUT2D eigenvalue weighted by Crippen LogP contribution is 2.24. The van der Waals surface area contributed by atoms with Crippen LogP contribution in [0.15, 0.2) is 10.6 Å². The molecule has 0 radical (unpaired) electrons. The Morgan fingerprint density at radius 3 is 2.81 bits per heavy atom. The Morgan fingerprint density at radius 2 is 2.10 bits per heavy atom. The maximum Gasteiger partial charge on any atom is 0.151 e. The average Bonchev–Trinajstić information content (AvgIpc) is 2.86. The summed E-state index contributed by atoms with van der Waals surface area (Å²) in [6, 6.07) is 2.09. The summed E-state index contributed by atoms with van der Waals surface area (Å²) in [4.78, 5) is 2.38. The van der Waals surface area contributed by atoms with E-state index in [4.69, 9.17) is 4.52 Å². The van der Waals surface area contributed by atoms with E-state index < -0.39 is 0 Å². The van der Waals surface area contributed by atoms with Crippen molar-refractivity contribution in [3.8, 4) is 0 Å². The molecule has 4 nitrogen and oxygen atoms in total. The molecule has 0 spiro atoms. The third-order valence-corrected chi connectivity index (χ3v) is 4.19. The van der Waals surface area contributed by atoms with Crippen LogP contribution >= 0.6 is 0 Å². The fourth-order valence-corrected chi connectivity index (χ4v) is 3.14. The van der Waals surface area contributed by atoms with Gasteiger partial charge in [-0.25, -0.2) is 0 Å². The Hall–Kier alpha value is -0.870.